The lowest BCUT2D eigenvalue weighted by Gasteiger charge is -2.28. The van der Waals surface area contributed by atoms with Gasteiger partial charge in [-0.15, -0.1) is 0 Å². The molecule has 1 heterocycles. The van der Waals surface area contributed by atoms with Gasteiger partial charge in [0, 0.05) is 24.9 Å². The topological polar surface area (TPSA) is 65.1 Å². The molecule has 0 saturated carbocycles. The second-order valence-corrected chi connectivity index (χ2v) is 7.68. The molecule has 1 fully saturated rings. The molecule has 28 heavy (non-hydrogen) atoms. The maximum atomic E-state index is 13.9. The molecule has 8 heteroatoms. The number of nitrogens with zero attached hydrogens (tertiary/aromatic N) is 1. The van der Waals surface area contributed by atoms with Crippen LogP contribution in [0.25, 0.3) is 0 Å². The van der Waals surface area contributed by atoms with Crippen LogP contribution in [0.1, 0.15) is 47.0 Å². The SMILES string of the molecule is CCOC(=O)CC[C@@H]1C[C@@H](Oc2ccc(F)cc2F)CN1C(=O)OC(C)(C)C. The molecule has 0 unspecified atom stereocenters. The highest BCUT2D eigenvalue weighted by Crippen LogP contribution is 2.29. The van der Waals surface area contributed by atoms with E-state index in [-0.39, 0.29) is 37.3 Å². The number of hydrogen-bond acceptors (Lipinski definition) is 5. The van der Waals surface area contributed by atoms with Crippen molar-refractivity contribution in [1.29, 1.82) is 0 Å². The van der Waals surface area contributed by atoms with Crippen molar-refractivity contribution in [1.82, 2.24) is 4.90 Å². The fourth-order valence-corrected chi connectivity index (χ4v) is 3.04. The number of carbonyl (C=O) groups excluding carboxylic acids is 2. The Morgan fingerprint density at radius 3 is 2.57 bits per heavy atom. The van der Waals surface area contributed by atoms with Crippen LogP contribution in [0.15, 0.2) is 18.2 Å². The molecular weight excluding hydrogens is 372 g/mol. The third-order valence-corrected chi connectivity index (χ3v) is 4.18. The minimum Gasteiger partial charge on any atom is -0.485 e. The van der Waals surface area contributed by atoms with Gasteiger partial charge in [-0.1, -0.05) is 0 Å². The van der Waals surface area contributed by atoms with Gasteiger partial charge < -0.3 is 19.1 Å². The predicted molar refractivity (Wildman–Crippen MR) is 98.0 cm³/mol. The monoisotopic (exact) mass is 399 g/mol. The van der Waals surface area contributed by atoms with Gasteiger partial charge in [0.1, 0.15) is 17.5 Å². The van der Waals surface area contributed by atoms with Gasteiger partial charge in [0.05, 0.1) is 13.2 Å². The Labute approximate surface area is 163 Å². The van der Waals surface area contributed by atoms with E-state index in [2.05, 4.69) is 0 Å². The molecule has 1 aromatic carbocycles. The molecular formula is C20H27F2NO5. The Hall–Kier alpha value is -2.38. The first kappa shape index (κ1) is 21.9. The molecule has 1 aliphatic rings. The Balaban J connectivity index is 2.08. The quantitative estimate of drug-likeness (QED) is 0.675. The first-order valence-corrected chi connectivity index (χ1v) is 9.36. The summed E-state index contributed by atoms with van der Waals surface area (Å²) in [5.41, 5.74) is -0.676. The van der Waals surface area contributed by atoms with E-state index in [1.165, 1.54) is 11.0 Å². The number of halogens is 2. The summed E-state index contributed by atoms with van der Waals surface area (Å²) in [6, 6.07) is 2.76. The smallest absolute Gasteiger partial charge is 0.410 e. The van der Waals surface area contributed by atoms with Gasteiger partial charge in [-0.05, 0) is 46.2 Å². The second-order valence-electron chi connectivity index (χ2n) is 7.68. The molecule has 6 nitrogen and oxygen atoms in total. The number of ether oxygens (including phenoxy) is 3. The molecule has 0 spiro atoms. The number of likely N-dealkylation sites (tertiary alicyclic amines) is 1. The van der Waals surface area contributed by atoms with Crippen LogP contribution in [0, 0.1) is 11.6 Å². The molecule has 1 aliphatic heterocycles. The minimum atomic E-state index is -0.807. The zero-order valence-corrected chi connectivity index (χ0v) is 16.7. The van der Waals surface area contributed by atoms with Crippen LogP contribution < -0.4 is 4.74 Å². The Morgan fingerprint density at radius 1 is 1.25 bits per heavy atom. The van der Waals surface area contributed by atoms with Gasteiger partial charge >= 0.3 is 12.1 Å². The third-order valence-electron chi connectivity index (χ3n) is 4.18. The normalized spacial score (nSPS) is 19.4. The van der Waals surface area contributed by atoms with Crippen molar-refractivity contribution in [3.8, 4) is 5.75 Å². The number of rotatable bonds is 6. The molecule has 1 aromatic rings. The van der Waals surface area contributed by atoms with Crippen LogP contribution in [0.5, 0.6) is 5.75 Å². The molecule has 0 aliphatic carbocycles. The highest BCUT2D eigenvalue weighted by Gasteiger charge is 2.39. The van der Waals surface area contributed by atoms with E-state index in [9.17, 15) is 18.4 Å². The third kappa shape index (κ3) is 6.35. The molecule has 0 N–H and O–H groups in total. The van der Waals surface area contributed by atoms with Crippen LogP contribution in [-0.2, 0) is 14.3 Å². The van der Waals surface area contributed by atoms with Crippen LogP contribution in [-0.4, -0.2) is 47.9 Å². The van der Waals surface area contributed by atoms with E-state index in [0.29, 0.717) is 12.8 Å². The first-order chi connectivity index (χ1) is 13.1. The Bertz CT molecular complexity index is 704. The lowest BCUT2D eigenvalue weighted by Crippen LogP contribution is -2.40. The summed E-state index contributed by atoms with van der Waals surface area (Å²) in [5.74, 6) is -1.93. The maximum absolute atomic E-state index is 13.9. The fraction of sp³-hybridized carbons (Fsp3) is 0.600. The molecule has 0 bridgehead atoms. The van der Waals surface area contributed by atoms with Gasteiger partial charge in [0.2, 0.25) is 0 Å². The average Bonchev–Trinajstić information content (AvgIpc) is 2.97. The summed E-state index contributed by atoms with van der Waals surface area (Å²) in [6.07, 6.45) is -0.0962. The molecule has 156 valence electrons. The van der Waals surface area contributed by atoms with Crippen molar-refractivity contribution in [3.63, 3.8) is 0 Å². The highest BCUT2D eigenvalue weighted by atomic mass is 19.1. The molecule has 0 aromatic heterocycles. The Kier molecular flexibility index (Phi) is 7.21. The van der Waals surface area contributed by atoms with E-state index >= 15 is 0 Å². The number of benzene rings is 1. The van der Waals surface area contributed by atoms with Gasteiger partial charge in [-0.25, -0.2) is 13.6 Å². The fourth-order valence-electron chi connectivity index (χ4n) is 3.04. The zero-order chi connectivity index (χ0) is 20.9. The largest absolute Gasteiger partial charge is 0.485 e. The summed E-state index contributed by atoms with van der Waals surface area (Å²) in [7, 11) is 0. The maximum Gasteiger partial charge on any atom is 0.410 e. The van der Waals surface area contributed by atoms with Crippen molar-refractivity contribution in [2.24, 2.45) is 0 Å². The van der Waals surface area contributed by atoms with Crippen molar-refractivity contribution >= 4 is 12.1 Å². The van der Waals surface area contributed by atoms with Crippen LogP contribution in [0.2, 0.25) is 0 Å². The van der Waals surface area contributed by atoms with E-state index in [1.54, 1.807) is 27.7 Å². The summed E-state index contributed by atoms with van der Waals surface area (Å²) in [5, 5.41) is 0. The van der Waals surface area contributed by atoms with Crippen molar-refractivity contribution < 1.29 is 32.6 Å². The van der Waals surface area contributed by atoms with E-state index < -0.39 is 29.4 Å². The molecule has 2 rings (SSSR count). The number of amides is 1. The van der Waals surface area contributed by atoms with Gasteiger partial charge in [-0.2, -0.15) is 0 Å². The summed E-state index contributed by atoms with van der Waals surface area (Å²) in [6.45, 7) is 7.47. The standard InChI is InChI=1S/C20H27F2NO5/c1-5-26-18(24)9-7-14-11-15(12-23(14)19(25)28-20(2,3)4)27-17-8-6-13(21)10-16(17)22/h6,8,10,14-15H,5,7,9,11-12H2,1-4H3/t14-,15-/m1/s1. The minimum absolute atomic E-state index is 0.0819. The molecule has 2 atom stereocenters. The zero-order valence-electron chi connectivity index (χ0n) is 16.7. The summed E-state index contributed by atoms with van der Waals surface area (Å²) in [4.78, 5) is 25.7. The van der Waals surface area contributed by atoms with Crippen molar-refractivity contribution in [2.75, 3.05) is 13.2 Å². The van der Waals surface area contributed by atoms with E-state index in [1.807, 2.05) is 0 Å². The second kappa shape index (κ2) is 9.21. The van der Waals surface area contributed by atoms with Crippen molar-refractivity contribution in [3.05, 3.63) is 29.8 Å². The van der Waals surface area contributed by atoms with Gasteiger partial charge in [0.15, 0.2) is 11.6 Å². The van der Waals surface area contributed by atoms with E-state index in [4.69, 9.17) is 14.2 Å². The summed E-state index contributed by atoms with van der Waals surface area (Å²) >= 11 is 0. The van der Waals surface area contributed by atoms with Crippen LogP contribution in [0.4, 0.5) is 13.6 Å². The highest BCUT2D eigenvalue weighted by molar-refractivity contribution is 5.71. The van der Waals surface area contributed by atoms with E-state index in [0.717, 1.165) is 12.1 Å². The summed E-state index contributed by atoms with van der Waals surface area (Å²) < 4.78 is 43.0. The van der Waals surface area contributed by atoms with Crippen LogP contribution >= 0.6 is 0 Å². The average molecular weight is 399 g/mol. The first-order valence-electron chi connectivity index (χ1n) is 9.36. The lowest BCUT2D eigenvalue weighted by molar-refractivity contribution is -0.143. The number of esters is 1. The Morgan fingerprint density at radius 2 is 1.96 bits per heavy atom. The number of hydrogen-bond donors (Lipinski definition) is 0. The molecule has 1 saturated heterocycles. The predicted octanol–water partition coefficient (Wildman–Crippen LogP) is 4.06. The van der Waals surface area contributed by atoms with Crippen LogP contribution in [0.3, 0.4) is 0 Å². The number of carbonyl (C=O) groups is 2. The molecule has 1 amide bonds. The van der Waals surface area contributed by atoms with Gasteiger partial charge in [-0.3, -0.25) is 4.79 Å². The lowest BCUT2D eigenvalue weighted by atomic mass is 10.1. The van der Waals surface area contributed by atoms with Crippen molar-refractivity contribution in [2.45, 2.75) is 64.7 Å². The molecule has 0 radical (unpaired) electrons. The van der Waals surface area contributed by atoms with Gasteiger partial charge in [0.25, 0.3) is 0 Å².